The Balaban J connectivity index is 1.79. The van der Waals surface area contributed by atoms with Crippen molar-refractivity contribution in [2.75, 3.05) is 0 Å². The minimum atomic E-state index is -0.354. The van der Waals surface area contributed by atoms with Gasteiger partial charge in [0.05, 0.1) is 28.4 Å². The molecule has 0 aliphatic heterocycles. The zero-order valence-electron chi connectivity index (χ0n) is 13.0. The number of nitrogens with one attached hydrogen (secondary N) is 1. The van der Waals surface area contributed by atoms with Gasteiger partial charge in [-0.25, -0.2) is 4.39 Å². The fourth-order valence-electron chi connectivity index (χ4n) is 2.44. The van der Waals surface area contributed by atoms with Gasteiger partial charge in [-0.05, 0) is 42.8 Å². The maximum atomic E-state index is 13.3. The molecule has 3 rings (SSSR count). The number of benzene rings is 2. The molecule has 1 N–H and O–H groups in total. The molecule has 1 amide bonds. The molecule has 0 spiro atoms. The van der Waals surface area contributed by atoms with Crippen molar-refractivity contribution < 1.29 is 9.18 Å². The summed E-state index contributed by atoms with van der Waals surface area (Å²) in [5.74, 6) is -0.594. The van der Waals surface area contributed by atoms with Gasteiger partial charge in [-0.2, -0.15) is 5.26 Å². The molecule has 0 aliphatic carbocycles. The summed E-state index contributed by atoms with van der Waals surface area (Å²) < 4.78 is 13.3. The summed E-state index contributed by atoms with van der Waals surface area (Å²) in [6.45, 7) is 2.08. The number of pyridine rings is 1. The number of fused-ring (bicyclic) bond motifs is 1. The number of nitrogens with zero attached hydrogens (tertiary/aromatic N) is 2. The zero-order valence-corrected chi connectivity index (χ0v) is 13.0. The number of rotatable bonds is 3. The number of hydrogen-bond acceptors (Lipinski definition) is 3. The van der Waals surface area contributed by atoms with Crippen LogP contribution in [0.2, 0.25) is 0 Å². The first kappa shape index (κ1) is 15.6. The molecule has 3 aromatic rings. The Bertz CT molecular complexity index is 959. The molecular formula is C19H14FN3O. The molecule has 0 atom stereocenters. The van der Waals surface area contributed by atoms with Gasteiger partial charge < -0.3 is 5.32 Å². The molecule has 4 nitrogen and oxygen atoms in total. The number of aryl methyl sites for hydroxylation is 1. The van der Waals surface area contributed by atoms with E-state index in [0.717, 1.165) is 5.56 Å². The summed E-state index contributed by atoms with van der Waals surface area (Å²) in [7, 11) is 0. The molecule has 0 unspecified atom stereocenters. The first-order chi connectivity index (χ1) is 11.6. The number of carbonyl (C=O) groups is 1. The van der Waals surface area contributed by atoms with E-state index in [2.05, 4.69) is 16.4 Å². The van der Waals surface area contributed by atoms with Gasteiger partial charge >= 0.3 is 0 Å². The second-order valence-electron chi connectivity index (χ2n) is 5.45. The van der Waals surface area contributed by atoms with Gasteiger partial charge in [0, 0.05) is 18.0 Å². The molecule has 24 heavy (non-hydrogen) atoms. The number of aromatic nitrogens is 1. The van der Waals surface area contributed by atoms with Crippen LogP contribution in [-0.2, 0) is 6.54 Å². The fraction of sp³-hybridized carbons (Fsp3) is 0.105. The van der Waals surface area contributed by atoms with E-state index in [1.54, 1.807) is 43.3 Å². The van der Waals surface area contributed by atoms with Gasteiger partial charge in [-0.15, -0.1) is 0 Å². The summed E-state index contributed by atoms with van der Waals surface area (Å²) in [5, 5.41) is 12.3. The smallest absolute Gasteiger partial charge is 0.253 e. The third-order valence-corrected chi connectivity index (χ3v) is 3.75. The van der Waals surface area contributed by atoms with Gasteiger partial charge in [-0.1, -0.05) is 12.1 Å². The second kappa shape index (κ2) is 6.47. The maximum absolute atomic E-state index is 13.3. The second-order valence-corrected chi connectivity index (χ2v) is 5.45. The Kier molecular flexibility index (Phi) is 4.21. The Labute approximate surface area is 138 Å². The van der Waals surface area contributed by atoms with Crippen molar-refractivity contribution in [2.45, 2.75) is 13.5 Å². The minimum absolute atomic E-state index is 0.240. The SMILES string of the molecule is Cc1nc2cc(F)ccc2cc1C(=O)NCc1ccc(C#N)cc1. The lowest BCUT2D eigenvalue weighted by molar-refractivity contribution is 0.0950. The summed E-state index contributed by atoms with van der Waals surface area (Å²) in [5.41, 5.74) is 3.01. The first-order valence-corrected chi connectivity index (χ1v) is 7.41. The minimum Gasteiger partial charge on any atom is -0.348 e. The van der Waals surface area contributed by atoms with Crippen molar-refractivity contribution in [3.63, 3.8) is 0 Å². The number of halogens is 1. The molecule has 118 valence electrons. The molecule has 0 bridgehead atoms. The number of amides is 1. The fourth-order valence-corrected chi connectivity index (χ4v) is 2.44. The summed E-state index contributed by atoms with van der Waals surface area (Å²) >= 11 is 0. The number of hydrogen-bond donors (Lipinski definition) is 1. The summed E-state index contributed by atoms with van der Waals surface area (Å²) in [4.78, 5) is 16.7. The predicted molar refractivity (Wildman–Crippen MR) is 88.8 cm³/mol. The predicted octanol–water partition coefficient (Wildman–Crippen LogP) is 3.48. The van der Waals surface area contributed by atoms with Crippen LogP contribution in [0, 0.1) is 24.1 Å². The number of nitriles is 1. The molecule has 2 aromatic carbocycles. The van der Waals surface area contributed by atoms with E-state index in [-0.39, 0.29) is 11.7 Å². The van der Waals surface area contributed by atoms with Crippen LogP contribution in [0.15, 0.2) is 48.5 Å². The van der Waals surface area contributed by atoms with Crippen molar-refractivity contribution in [3.8, 4) is 6.07 Å². The van der Waals surface area contributed by atoms with E-state index in [1.165, 1.54) is 12.1 Å². The van der Waals surface area contributed by atoms with Gasteiger partial charge in [0.15, 0.2) is 0 Å². The highest BCUT2D eigenvalue weighted by Crippen LogP contribution is 2.18. The van der Waals surface area contributed by atoms with E-state index in [9.17, 15) is 9.18 Å². The lowest BCUT2D eigenvalue weighted by Gasteiger charge is -2.09. The van der Waals surface area contributed by atoms with Crippen LogP contribution in [0.5, 0.6) is 0 Å². The largest absolute Gasteiger partial charge is 0.348 e. The van der Waals surface area contributed by atoms with Crippen LogP contribution in [0.25, 0.3) is 10.9 Å². The molecule has 1 heterocycles. The Morgan fingerprint density at radius 1 is 1.21 bits per heavy atom. The topological polar surface area (TPSA) is 65.8 Å². The van der Waals surface area contributed by atoms with Crippen molar-refractivity contribution >= 4 is 16.8 Å². The van der Waals surface area contributed by atoms with Crippen molar-refractivity contribution in [3.05, 3.63) is 76.7 Å². The van der Waals surface area contributed by atoms with E-state index in [4.69, 9.17) is 5.26 Å². The van der Waals surface area contributed by atoms with Crippen LogP contribution in [0.1, 0.15) is 27.2 Å². The van der Waals surface area contributed by atoms with Gasteiger partial charge in [0.2, 0.25) is 0 Å². The normalized spacial score (nSPS) is 10.4. The van der Waals surface area contributed by atoms with Gasteiger partial charge in [0.25, 0.3) is 5.91 Å². The van der Waals surface area contributed by atoms with Crippen LogP contribution < -0.4 is 5.32 Å². The van der Waals surface area contributed by atoms with Crippen LogP contribution in [0.4, 0.5) is 4.39 Å². The van der Waals surface area contributed by atoms with E-state index < -0.39 is 0 Å². The Morgan fingerprint density at radius 3 is 2.67 bits per heavy atom. The molecule has 0 aliphatic rings. The van der Waals surface area contributed by atoms with Gasteiger partial charge in [0.1, 0.15) is 5.82 Å². The first-order valence-electron chi connectivity index (χ1n) is 7.41. The lowest BCUT2D eigenvalue weighted by Crippen LogP contribution is -2.24. The molecule has 0 saturated heterocycles. The third kappa shape index (κ3) is 3.23. The lowest BCUT2D eigenvalue weighted by atomic mass is 10.1. The average Bonchev–Trinajstić information content (AvgIpc) is 2.59. The summed E-state index contributed by atoms with van der Waals surface area (Å²) in [6, 6.07) is 15.1. The van der Waals surface area contributed by atoms with E-state index in [1.807, 2.05) is 0 Å². The molecule has 0 fully saturated rings. The van der Waals surface area contributed by atoms with E-state index >= 15 is 0 Å². The molecule has 5 heteroatoms. The molecular weight excluding hydrogens is 305 g/mol. The van der Waals surface area contributed by atoms with Crippen LogP contribution >= 0.6 is 0 Å². The van der Waals surface area contributed by atoms with Crippen LogP contribution in [0.3, 0.4) is 0 Å². The standard InChI is InChI=1S/C19H14FN3O/c1-12-17(8-15-6-7-16(20)9-18(15)23-12)19(24)22-11-14-4-2-13(10-21)3-5-14/h2-9H,11H2,1H3,(H,22,24). The average molecular weight is 319 g/mol. The third-order valence-electron chi connectivity index (χ3n) is 3.75. The molecule has 0 saturated carbocycles. The van der Waals surface area contributed by atoms with E-state index in [0.29, 0.717) is 34.3 Å². The molecule has 1 aromatic heterocycles. The van der Waals surface area contributed by atoms with Crippen molar-refractivity contribution in [2.24, 2.45) is 0 Å². The zero-order chi connectivity index (χ0) is 17.1. The monoisotopic (exact) mass is 319 g/mol. The molecule has 0 radical (unpaired) electrons. The quantitative estimate of drug-likeness (QED) is 0.803. The van der Waals surface area contributed by atoms with Crippen molar-refractivity contribution in [1.82, 2.24) is 10.3 Å². The van der Waals surface area contributed by atoms with Crippen LogP contribution in [-0.4, -0.2) is 10.9 Å². The highest BCUT2D eigenvalue weighted by Gasteiger charge is 2.12. The Morgan fingerprint density at radius 2 is 1.96 bits per heavy atom. The highest BCUT2D eigenvalue weighted by molar-refractivity contribution is 5.98. The number of carbonyl (C=O) groups excluding carboxylic acids is 1. The highest BCUT2D eigenvalue weighted by atomic mass is 19.1. The maximum Gasteiger partial charge on any atom is 0.253 e. The summed E-state index contributed by atoms with van der Waals surface area (Å²) in [6.07, 6.45) is 0. The van der Waals surface area contributed by atoms with Crippen molar-refractivity contribution in [1.29, 1.82) is 5.26 Å². The Hall–Kier alpha value is -3.26. The van der Waals surface area contributed by atoms with Gasteiger partial charge in [-0.3, -0.25) is 9.78 Å².